The fraction of sp³-hybridized carbons (Fsp3) is 0.380. The summed E-state index contributed by atoms with van der Waals surface area (Å²) in [5, 5.41) is 7.73. The second kappa shape index (κ2) is 43.7. The van der Waals surface area contributed by atoms with Gasteiger partial charge in [-0.25, -0.2) is 0 Å². The summed E-state index contributed by atoms with van der Waals surface area (Å²) in [5.41, 5.74) is 53.5. The standard InChI is InChI=1S/C18H21N.C18H19N.C12H15NO.3C11H15N.C11H12O.2ClH.Na.H2O/c2*1-14-6-5-9-16-12-17(10-11-18(14)16)19-13-15-7-3-2-4-8-15;1-9-4-3-5-10-8-11(13-14-2)6-7-12(9)10;4*1-8-3-2-4-9-7-10(12)5-6-11(8)9;;;;/h2-9,17,19H,10-13H2,1H3;2-9H,10-13H2,1H3;3-5H,6-8H2,1-2H3;3*2-4,10H,5-7,12H2,1H3;2-4H,5-7H2,1H3;2*1H;;1H2/q;;;;;;;;;+1;/p-1/b;;13-11-;;;;;;;;/t;;;10-;;;;;;;/m...0......./s1. The van der Waals surface area contributed by atoms with Crippen molar-refractivity contribution in [2.24, 2.45) is 27.3 Å². The minimum absolute atomic E-state index is 0. The van der Waals surface area contributed by atoms with Crippen molar-refractivity contribution in [2.75, 3.05) is 7.11 Å². The van der Waals surface area contributed by atoms with Gasteiger partial charge in [-0.05, 0) is 286 Å². The van der Waals surface area contributed by atoms with Crippen LogP contribution in [0.3, 0.4) is 0 Å². The maximum Gasteiger partial charge on any atom is 1.00 e. The van der Waals surface area contributed by atoms with E-state index in [9.17, 15) is 4.79 Å². The number of benzene rings is 9. The van der Waals surface area contributed by atoms with Crippen molar-refractivity contribution in [1.29, 1.82) is 0 Å². The molecule has 16 rings (SSSR count). The van der Waals surface area contributed by atoms with Gasteiger partial charge in [-0.1, -0.05) is 193 Å². The van der Waals surface area contributed by atoms with E-state index in [4.69, 9.17) is 27.0 Å². The predicted octanol–water partition coefficient (Wildman–Crippen LogP) is 15.4. The number of halogens is 2. The Morgan fingerprint density at radius 2 is 0.683 bits per heavy atom. The van der Waals surface area contributed by atoms with Crippen LogP contribution in [0.4, 0.5) is 0 Å². The van der Waals surface area contributed by atoms with Crippen molar-refractivity contribution >= 4 is 42.0 Å². The molecule has 546 valence electrons. The van der Waals surface area contributed by atoms with Crippen LogP contribution < -0.4 is 52.1 Å². The molecule has 0 radical (unpaired) electrons. The fourth-order valence-electron chi connectivity index (χ4n) is 15.8. The Kier molecular flexibility index (Phi) is 36.2. The van der Waals surface area contributed by atoms with Gasteiger partial charge in [0.1, 0.15) is 12.9 Å². The number of rotatable bonds is 6. The van der Waals surface area contributed by atoms with E-state index in [0.29, 0.717) is 36.4 Å². The number of oxime groups is 1. The van der Waals surface area contributed by atoms with Crippen LogP contribution in [-0.2, 0) is 113 Å². The molecule has 9 nitrogen and oxygen atoms in total. The summed E-state index contributed by atoms with van der Waals surface area (Å²) in [5.74, 6) is 0.383. The number of aryl methyl sites for hydroxylation is 7. The molecule has 7 aliphatic rings. The maximum atomic E-state index is 11.1. The summed E-state index contributed by atoms with van der Waals surface area (Å²) in [7, 11) is 1.61. The summed E-state index contributed by atoms with van der Waals surface area (Å²) in [6.45, 7) is 17.1. The molecular formula is C92H115Cl2N6NaO3. The molecule has 0 spiro atoms. The molecule has 9 aromatic rings. The number of fused-ring (bicyclic) bond motifs is 7. The van der Waals surface area contributed by atoms with Gasteiger partial charge in [0, 0.05) is 62.1 Å². The second-order valence-electron chi connectivity index (χ2n) is 29.1. The molecule has 0 saturated heterocycles. The van der Waals surface area contributed by atoms with E-state index in [1.54, 1.807) is 34.9 Å². The topological polar surface area (TPSA) is 171 Å². The van der Waals surface area contributed by atoms with Crippen molar-refractivity contribution in [3.63, 3.8) is 0 Å². The van der Waals surface area contributed by atoms with E-state index >= 15 is 0 Å². The van der Waals surface area contributed by atoms with Crippen LogP contribution in [0.25, 0.3) is 0 Å². The zero-order valence-electron chi connectivity index (χ0n) is 63.7. The Morgan fingerprint density at radius 3 is 1.08 bits per heavy atom. The van der Waals surface area contributed by atoms with Crippen molar-refractivity contribution < 1.29 is 44.7 Å². The van der Waals surface area contributed by atoms with Crippen LogP contribution in [0.5, 0.6) is 0 Å². The molecule has 0 bridgehead atoms. The average molecular weight is 1450 g/mol. The molecule has 4 atom stereocenters. The molecule has 0 aliphatic heterocycles. The third kappa shape index (κ3) is 25.2. The Balaban J connectivity index is 0.000000191. The molecule has 7 aliphatic carbocycles. The number of nitrogens with one attached hydrogen (secondary N) is 1. The Labute approximate surface area is 658 Å². The quantitative estimate of drug-likeness (QED) is 0.0948. The van der Waals surface area contributed by atoms with E-state index < -0.39 is 0 Å². The molecule has 3 unspecified atom stereocenters. The minimum Gasteiger partial charge on any atom is -0.870 e. The van der Waals surface area contributed by atoms with Crippen molar-refractivity contribution in [3.05, 3.63) is 316 Å². The zero-order valence-corrected chi connectivity index (χ0v) is 67.3. The number of nitrogens with zero attached hydrogens (tertiary/aromatic N) is 2. The maximum absolute atomic E-state index is 11.1. The van der Waals surface area contributed by atoms with Gasteiger partial charge in [0.2, 0.25) is 0 Å². The second-order valence-corrected chi connectivity index (χ2v) is 29.1. The van der Waals surface area contributed by atoms with E-state index in [0.717, 1.165) is 109 Å². The Morgan fingerprint density at radius 1 is 0.365 bits per heavy atom. The first-order chi connectivity index (χ1) is 48.5. The monoisotopic (exact) mass is 1440 g/mol. The molecule has 9 aromatic carbocycles. The van der Waals surface area contributed by atoms with Crippen LogP contribution in [0.15, 0.2) is 198 Å². The molecule has 0 amide bonds. The van der Waals surface area contributed by atoms with Crippen LogP contribution in [0, 0.1) is 48.5 Å². The number of Topliss-reactive ketones (excluding diaryl/α,β-unsaturated/α-hetero) is 1. The molecule has 104 heavy (non-hydrogen) atoms. The smallest absolute Gasteiger partial charge is 0.870 e. The minimum atomic E-state index is 0. The Bertz CT molecular complexity index is 4090. The Hall–Kier alpha value is -6.83. The number of carbonyl (C=O) groups excluding carboxylic acids is 1. The third-order valence-electron chi connectivity index (χ3n) is 21.6. The van der Waals surface area contributed by atoms with Gasteiger partial charge >= 0.3 is 29.6 Å². The molecule has 0 saturated carbocycles. The third-order valence-corrected chi connectivity index (χ3v) is 21.6. The number of nitrogens with two attached hydrogens (primary N) is 3. The summed E-state index contributed by atoms with van der Waals surface area (Å²) in [6.07, 6.45) is 22.5. The molecule has 12 heteroatoms. The summed E-state index contributed by atoms with van der Waals surface area (Å²) >= 11 is 0. The van der Waals surface area contributed by atoms with Gasteiger partial charge in [-0.3, -0.25) is 9.79 Å². The van der Waals surface area contributed by atoms with Gasteiger partial charge in [0.15, 0.2) is 0 Å². The number of hydrogen-bond acceptors (Lipinski definition) is 9. The normalized spacial score (nSPS) is 18.2. The van der Waals surface area contributed by atoms with Gasteiger partial charge in [0.25, 0.3) is 0 Å². The summed E-state index contributed by atoms with van der Waals surface area (Å²) in [6, 6.07) is 68.6. The molecule has 0 heterocycles. The number of carbonyl (C=O) groups is 1. The first-order valence-electron chi connectivity index (χ1n) is 37.3. The first kappa shape index (κ1) is 86.1. The van der Waals surface area contributed by atoms with Gasteiger partial charge in [0.05, 0.1) is 12.3 Å². The largest absolute Gasteiger partial charge is 1.00 e. The van der Waals surface area contributed by atoms with Crippen LogP contribution in [0.1, 0.15) is 173 Å². The van der Waals surface area contributed by atoms with E-state index in [2.05, 4.69) is 241 Å². The van der Waals surface area contributed by atoms with Crippen LogP contribution in [-0.4, -0.2) is 54.0 Å². The first-order valence-corrected chi connectivity index (χ1v) is 37.3. The van der Waals surface area contributed by atoms with E-state index in [1.807, 2.05) is 6.07 Å². The van der Waals surface area contributed by atoms with Crippen LogP contribution in [0.2, 0.25) is 0 Å². The van der Waals surface area contributed by atoms with Crippen LogP contribution >= 0.6 is 24.8 Å². The molecule has 8 N–H and O–H groups in total. The average Bonchev–Trinajstić information content (AvgIpc) is 0.901. The number of aliphatic imine (C=N–C) groups is 1. The van der Waals surface area contributed by atoms with Gasteiger partial charge < -0.3 is 32.8 Å². The number of hydrogen-bond donors (Lipinski definition) is 4. The number of ketones is 1. The molecular weight excluding hydrogens is 1330 g/mol. The van der Waals surface area contributed by atoms with E-state index in [-0.39, 0.29) is 59.8 Å². The predicted molar refractivity (Wildman–Crippen MR) is 437 cm³/mol. The van der Waals surface area contributed by atoms with E-state index in [1.165, 1.54) is 144 Å². The fourth-order valence-corrected chi connectivity index (χ4v) is 15.8. The SMILES string of the molecule is CO/N=C1/CCc2c(C)cccc2C1.Cc1cccc2c1CCC(=NCc1ccccc1)C2.Cc1cccc2c1CCC(=O)C2.Cc1cccc2c1CCC(N)C2.Cc1cccc2c1CCC(N)C2.Cc1cccc2c1CCC(NCc1ccccc1)C2.Cc1cccc2c1CC[C@H](N)C2.Cl.Cl.[Na+].[OH-]. The molecule has 0 fully saturated rings. The van der Waals surface area contributed by atoms with Crippen molar-refractivity contribution in [2.45, 2.75) is 221 Å². The van der Waals surface area contributed by atoms with Gasteiger partial charge in [-0.15, -0.1) is 24.8 Å². The molecule has 0 aromatic heterocycles. The summed E-state index contributed by atoms with van der Waals surface area (Å²) < 4.78 is 0. The zero-order chi connectivity index (χ0) is 70.3. The van der Waals surface area contributed by atoms with Crippen molar-refractivity contribution in [3.8, 4) is 0 Å². The van der Waals surface area contributed by atoms with Crippen molar-refractivity contribution in [1.82, 2.24) is 5.32 Å². The van der Waals surface area contributed by atoms with Gasteiger partial charge in [-0.2, -0.15) is 0 Å². The summed E-state index contributed by atoms with van der Waals surface area (Å²) in [4.78, 5) is 20.8.